The van der Waals surface area contributed by atoms with Gasteiger partial charge < -0.3 is 4.98 Å². The van der Waals surface area contributed by atoms with E-state index < -0.39 is 17.4 Å². The van der Waals surface area contributed by atoms with Crippen LogP contribution in [0.4, 0.5) is 13.2 Å². The molecular weight excluding hydrogens is 311 g/mol. The Morgan fingerprint density at radius 1 is 1.00 bits per heavy atom. The molecule has 0 fully saturated rings. The van der Waals surface area contributed by atoms with Crippen molar-refractivity contribution in [2.45, 2.75) is 6.18 Å². The van der Waals surface area contributed by atoms with Crippen LogP contribution in [0.5, 0.6) is 0 Å². The highest BCUT2D eigenvalue weighted by Crippen LogP contribution is 2.29. The number of alkyl halides is 3. The van der Waals surface area contributed by atoms with Gasteiger partial charge in [-0.3, -0.25) is 4.79 Å². The van der Waals surface area contributed by atoms with Crippen molar-refractivity contribution in [2.24, 2.45) is 0 Å². The van der Waals surface area contributed by atoms with Gasteiger partial charge in [-0.05, 0) is 29.3 Å². The predicted octanol–water partition coefficient (Wildman–Crippen LogP) is 3.82. The lowest BCUT2D eigenvalue weighted by Crippen LogP contribution is -2.15. The number of aromatic amines is 1. The van der Waals surface area contributed by atoms with Gasteiger partial charge in [0.15, 0.2) is 0 Å². The highest BCUT2D eigenvalue weighted by atomic mass is 79.9. The molecule has 94 valence electrons. The molecule has 0 saturated heterocycles. The van der Waals surface area contributed by atoms with Gasteiger partial charge in [0, 0.05) is 10.5 Å². The van der Waals surface area contributed by atoms with Crippen molar-refractivity contribution in [3.8, 4) is 11.1 Å². The number of halogens is 4. The molecule has 1 N–H and O–H groups in total. The van der Waals surface area contributed by atoms with Gasteiger partial charge in [0.05, 0.1) is 0 Å². The largest absolute Gasteiger partial charge is 0.431 e. The van der Waals surface area contributed by atoms with Crippen LogP contribution < -0.4 is 5.56 Å². The molecule has 0 saturated carbocycles. The Morgan fingerprint density at radius 2 is 1.61 bits per heavy atom. The van der Waals surface area contributed by atoms with Gasteiger partial charge in [0.2, 0.25) is 5.56 Å². The summed E-state index contributed by atoms with van der Waals surface area (Å²) in [5, 5.41) is 0. The fourth-order valence-corrected chi connectivity index (χ4v) is 1.77. The average molecular weight is 318 g/mol. The number of H-pyrrole nitrogens is 1. The van der Waals surface area contributed by atoms with E-state index in [4.69, 9.17) is 0 Å². The van der Waals surface area contributed by atoms with Gasteiger partial charge in [-0.15, -0.1) is 0 Å². The fraction of sp³-hybridized carbons (Fsp3) is 0.0833. The van der Waals surface area contributed by atoms with Crippen LogP contribution in [0.15, 0.2) is 45.7 Å². The molecular formula is C12H7BrF3NO. The zero-order chi connectivity index (χ0) is 13.3. The Hall–Kier alpha value is -1.56. The van der Waals surface area contributed by atoms with Crippen molar-refractivity contribution < 1.29 is 13.2 Å². The minimum Gasteiger partial charge on any atom is -0.318 e. The van der Waals surface area contributed by atoms with Gasteiger partial charge >= 0.3 is 6.18 Å². The van der Waals surface area contributed by atoms with Crippen molar-refractivity contribution >= 4 is 15.9 Å². The Morgan fingerprint density at radius 3 is 2.17 bits per heavy atom. The van der Waals surface area contributed by atoms with Crippen molar-refractivity contribution in [3.05, 3.63) is 56.9 Å². The second kappa shape index (κ2) is 4.61. The molecule has 2 nitrogen and oxygen atoms in total. The van der Waals surface area contributed by atoms with Gasteiger partial charge in [0.25, 0.3) is 0 Å². The summed E-state index contributed by atoms with van der Waals surface area (Å²) < 4.78 is 38.5. The van der Waals surface area contributed by atoms with E-state index in [1.807, 2.05) is 0 Å². The zero-order valence-electron chi connectivity index (χ0n) is 8.88. The van der Waals surface area contributed by atoms with Crippen LogP contribution in [0.2, 0.25) is 0 Å². The second-order valence-electron chi connectivity index (χ2n) is 3.65. The Balaban J connectivity index is 2.55. The van der Waals surface area contributed by atoms with E-state index >= 15 is 0 Å². The maximum Gasteiger partial charge on any atom is 0.431 e. The molecule has 1 aromatic heterocycles. The summed E-state index contributed by atoms with van der Waals surface area (Å²) in [6.07, 6.45) is -4.56. The lowest BCUT2D eigenvalue weighted by Gasteiger charge is -2.08. The number of benzene rings is 1. The molecule has 0 bridgehead atoms. The summed E-state index contributed by atoms with van der Waals surface area (Å²) in [5.41, 5.74) is -1.04. The minimum atomic E-state index is -4.56. The summed E-state index contributed by atoms with van der Waals surface area (Å²) in [6.45, 7) is 0. The first-order valence-corrected chi connectivity index (χ1v) is 5.73. The Kier molecular flexibility index (Phi) is 3.30. The molecule has 0 unspecified atom stereocenters. The molecule has 1 heterocycles. The third-order valence-corrected chi connectivity index (χ3v) is 2.86. The van der Waals surface area contributed by atoms with E-state index in [-0.39, 0.29) is 5.56 Å². The van der Waals surface area contributed by atoms with Crippen LogP contribution in [0, 0.1) is 0 Å². The summed E-state index contributed by atoms with van der Waals surface area (Å²) in [7, 11) is 0. The first-order chi connectivity index (χ1) is 8.36. The molecule has 0 atom stereocenters. The molecule has 18 heavy (non-hydrogen) atoms. The molecule has 0 aliphatic rings. The standard InChI is InChI=1S/C12H7BrF3NO/c13-9-3-1-7(2-4-9)8-5-10(12(14,15)16)17-11(18)6-8/h1-6H,(H,17,18). The Bertz CT molecular complexity index is 616. The highest BCUT2D eigenvalue weighted by Gasteiger charge is 2.32. The van der Waals surface area contributed by atoms with Gasteiger partial charge in [-0.25, -0.2) is 0 Å². The molecule has 0 radical (unpaired) electrons. The fourth-order valence-electron chi connectivity index (χ4n) is 1.51. The van der Waals surface area contributed by atoms with Crippen LogP contribution in [0.3, 0.4) is 0 Å². The van der Waals surface area contributed by atoms with Gasteiger partial charge in [0.1, 0.15) is 5.69 Å². The third kappa shape index (κ3) is 2.81. The van der Waals surface area contributed by atoms with Crippen LogP contribution in [0.1, 0.15) is 5.69 Å². The van der Waals surface area contributed by atoms with Crippen LogP contribution in [-0.4, -0.2) is 4.98 Å². The maximum atomic E-state index is 12.6. The number of rotatable bonds is 1. The lowest BCUT2D eigenvalue weighted by atomic mass is 10.1. The zero-order valence-corrected chi connectivity index (χ0v) is 10.5. The molecule has 0 spiro atoms. The number of nitrogens with one attached hydrogen (secondary N) is 1. The van der Waals surface area contributed by atoms with E-state index in [0.717, 1.165) is 16.6 Å². The molecule has 1 aromatic carbocycles. The van der Waals surface area contributed by atoms with Gasteiger partial charge in [-0.2, -0.15) is 13.2 Å². The molecule has 0 aliphatic heterocycles. The number of hydrogen-bond acceptors (Lipinski definition) is 1. The smallest absolute Gasteiger partial charge is 0.318 e. The molecule has 2 rings (SSSR count). The van der Waals surface area contributed by atoms with Gasteiger partial charge in [-0.1, -0.05) is 28.1 Å². The first-order valence-electron chi connectivity index (χ1n) is 4.94. The predicted molar refractivity (Wildman–Crippen MR) is 65.2 cm³/mol. The molecule has 0 amide bonds. The Labute approximate surface area is 109 Å². The molecule has 6 heteroatoms. The van der Waals surface area contributed by atoms with Crippen molar-refractivity contribution in [1.82, 2.24) is 4.98 Å². The molecule has 2 aromatic rings. The summed E-state index contributed by atoms with van der Waals surface area (Å²) >= 11 is 3.23. The monoisotopic (exact) mass is 317 g/mol. The SMILES string of the molecule is O=c1cc(-c2ccc(Br)cc2)cc(C(F)(F)F)[nH]1. The first kappa shape index (κ1) is 12.9. The van der Waals surface area contributed by atoms with Crippen molar-refractivity contribution in [2.75, 3.05) is 0 Å². The summed E-state index contributed by atoms with van der Waals surface area (Å²) in [6, 6.07) is 8.73. The van der Waals surface area contributed by atoms with Crippen molar-refractivity contribution in [3.63, 3.8) is 0 Å². The highest BCUT2D eigenvalue weighted by molar-refractivity contribution is 9.10. The third-order valence-electron chi connectivity index (χ3n) is 2.33. The van der Waals surface area contributed by atoms with Crippen LogP contribution >= 0.6 is 15.9 Å². The van der Waals surface area contributed by atoms with Crippen LogP contribution in [-0.2, 0) is 6.18 Å². The number of aromatic nitrogens is 1. The van der Waals surface area contributed by atoms with Crippen LogP contribution in [0.25, 0.3) is 11.1 Å². The quantitative estimate of drug-likeness (QED) is 0.852. The maximum absolute atomic E-state index is 12.6. The normalized spacial score (nSPS) is 11.6. The van der Waals surface area contributed by atoms with Crippen molar-refractivity contribution in [1.29, 1.82) is 0 Å². The molecule has 0 aliphatic carbocycles. The number of pyridine rings is 1. The minimum absolute atomic E-state index is 0.235. The van der Waals surface area contributed by atoms with E-state index in [2.05, 4.69) is 15.9 Å². The summed E-state index contributed by atoms with van der Waals surface area (Å²) in [4.78, 5) is 13.0. The summed E-state index contributed by atoms with van der Waals surface area (Å²) in [5.74, 6) is 0. The van der Waals surface area contributed by atoms with E-state index in [1.54, 1.807) is 29.2 Å². The second-order valence-corrected chi connectivity index (χ2v) is 4.57. The average Bonchev–Trinajstić information content (AvgIpc) is 2.28. The van der Waals surface area contributed by atoms with E-state index in [9.17, 15) is 18.0 Å². The number of hydrogen-bond donors (Lipinski definition) is 1. The lowest BCUT2D eigenvalue weighted by molar-refractivity contribution is -0.141. The van der Waals surface area contributed by atoms with E-state index in [1.165, 1.54) is 0 Å². The van der Waals surface area contributed by atoms with E-state index in [0.29, 0.717) is 5.56 Å². The topological polar surface area (TPSA) is 32.9 Å².